The molecule has 0 saturated carbocycles. The zero-order valence-electron chi connectivity index (χ0n) is 10.7. The van der Waals surface area contributed by atoms with E-state index in [9.17, 15) is 5.26 Å². The summed E-state index contributed by atoms with van der Waals surface area (Å²) in [4.78, 5) is 4.22. The number of hydrogen-bond acceptors (Lipinski definition) is 3. The Morgan fingerprint density at radius 2 is 1.65 bits per heavy atom. The van der Waals surface area contributed by atoms with E-state index in [1.807, 2.05) is 6.92 Å². The molecule has 0 amide bonds. The molecule has 0 aliphatic heterocycles. The van der Waals surface area contributed by atoms with Gasteiger partial charge in [0.2, 0.25) is 0 Å². The quantitative estimate of drug-likeness (QED) is 0.701. The van der Waals surface area contributed by atoms with Crippen LogP contribution in [0.2, 0.25) is 15.1 Å². The molecular weight excluding hydrogens is 319 g/mol. The fourth-order valence-electron chi connectivity index (χ4n) is 1.71. The molecule has 0 saturated heterocycles. The van der Waals surface area contributed by atoms with Gasteiger partial charge < -0.3 is 4.74 Å². The molecule has 0 fully saturated rings. The Kier molecular flexibility index (Phi) is 4.39. The number of ether oxygens (including phenoxy) is 1. The first-order valence-electron chi connectivity index (χ1n) is 5.63. The first-order chi connectivity index (χ1) is 9.42. The van der Waals surface area contributed by atoms with Crippen LogP contribution < -0.4 is 4.74 Å². The fourth-order valence-corrected chi connectivity index (χ4v) is 2.29. The number of aryl methyl sites for hydroxylation is 2. The van der Waals surface area contributed by atoms with E-state index in [0.717, 1.165) is 5.69 Å². The second kappa shape index (κ2) is 5.88. The summed E-state index contributed by atoms with van der Waals surface area (Å²) in [7, 11) is 0. The van der Waals surface area contributed by atoms with Crippen molar-refractivity contribution in [1.29, 1.82) is 5.26 Å². The third kappa shape index (κ3) is 2.99. The van der Waals surface area contributed by atoms with E-state index in [1.54, 1.807) is 13.0 Å². The molecular formula is C14H9Cl3N2O. The smallest absolute Gasteiger partial charge is 0.148 e. The molecule has 0 aliphatic carbocycles. The summed E-state index contributed by atoms with van der Waals surface area (Å²) in [6.07, 6.45) is 0. The highest BCUT2D eigenvalue weighted by atomic mass is 35.5. The van der Waals surface area contributed by atoms with Crippen LogP contribution in [0.25, 0.3) is 0 Å². The van der Waals surface area contributed by atoms with E-state index in [4.69, 9.17) is 39.5 Å². The minimum Gasteiger partial charge on any atom is -0.454 e. The van der Waals surface area contributed by atoms with Gasteiger partial charge in [-0.05, 0) is 19.9 Å². The molecule has 0 bridgehead atoms. The van der Waals surface area contributed by atoms with E-state index >= 15 is 0 Å². The van der Waals surface area contributed by atoms with Crippen molar-refractivity contribution in [1.82, 2.24) is 4.98 Å². The highest BCUT2D eigenvalue weighted by Crippen LogP contribution is 2.37. The molecule has 0 unspecified atom stereocenters. The van der Waals surface area contributed by atoms with Gasteiger partial charge in [0.15, 0.2) is 0 Å². The maximum absolute atomic E-state index is 9.19. The number of nitrogens with zero attached hydrogens (tertiary/aromatic N) is 2. The second-order valence-corrected chi connectivity index (χ2v) is 5.35. The Balaban J connectivity index is 2.51. The van der Waals surface area contributed by atoms with Crippen molar-refractivity contribution in [2.45, 2.75) is 13.8 Å². The van der Waals surface area contributed by atoms with Crippen molar-refractivity contribution in [2.75, 3.05) is 0 Å². The molecule has 0 spiro atoms. The molecule has 0 N–H and O–H groups in total. The zero-order chi connectivity index (χ0) is 14.9. The van der Waals surface area contributed by atoms with Crippen LogP contribution in [0.15, 0.2) is 18.2 Å². The Hall–Kier alpha value is -1.47. The van der Waals surface area contributed by atoms with E-state index in [2.05, 4.69) is 11.1 Å². The molecule has 2 rings (SSSR count). The van der Waals surface area contributed by atoms with Gasteiger partial charge in [-0.25, -0.2) is 0 Å². The molecule has 3 nitrogen and oxygen atoms in total. The third-order valence-electron chi connectivity index (χ3n) is 2.60. The maximum atomic E-state index is 9.19. The van der Waals surface area contributed by atoms with Gasteiger partial charge in [0.1, 0.15) is 23.1 Å². The number of nitriles is 1. The van der Waals surface area contributed by atoms with Gasteiger partial charge in [-0.3, -0.25) is 4.98 Å². The summed E-state index contributed by atoms with van der Waals surface area (Å²) >= 11 is 17.9. The molecule has 2 aromatic rings. The lowest BCUT2D eigenvalue weighted by atomic mass is 10.2. The van der Waals surface area contributed by atoms with Crippen LogP contribution in [-0.4, -0.2) is 4.98 Å². The highest BCUT2D eigenvalue weighted by Gasteiger charge is 2.13. The van der Waals surface area contributed by atoms with Crippen molar-refractivity contribution in [2.24, 2.45) is 0 Å². The zero-order valence-corrected chi connectivity index (χ0v) is 12.9. The summed E-state index contributed by atoms with van der Waals surface area (Å²) in [6, 6.07) is 6.74. The third-order valence-corrected chi connectivity index (χ3v) is 3.62. The van der Waals surface area contributed by atoms with Crippen LogP contribution in [0.4, 0.5) is 0 Å². The van der Waals surface area contributed by atoms with E-state index in [0.29, 0.717) is 37.8 Å². The summed E-state index contributed by atoms with van der Waals surface area (Å²) in [5.74, 6) is 0.723. The topological polar surface area (TPSA) is 45.9 Å². The predicted molar refractivity (Wildman–Crippen MR) is 80.0 cm³/mol. The summed E-state index contributed by atoms with van der Waals surface area (Å²) in [6.45, 7) is 3.56. The van der Waals surface area contributed by atoms with E-state index in [-0.39, 0.29) is 0 Å². The Labute approximate surface area is 131 Å². The standard InChI is InChI=1S/C14H9Cl3N2O/c1-7-3-13(9(6-18)8(2)19-7)20-14-5-11(16)10(15)4-12(14)17/h3-5H,1-2H3. The van der Waals surface area contributed by atoms with Gasteiger partial charge in [0.25, 0.3) is 0 Å². The SMILES string of the molecule is Cc1cc(Oc2cc(Cl)c(Cl)cc2Cl)c(C#N)c(C)n1. The molecule has 1 aromatic carbocycles. The first-order valence-corrected chi connectivity index (χ1v) is 6.76. The molecule has 1 aromatic heterocycles. The first kappa shape index (κ1) is 14.9. The maximum Gasteiger partial charge on any atom is 0.148 e. The molecule has 102 valence electrons. The lowest BCUT2D eigenvalue weighted by Crippen LogP contribution is -1.96. The molecule has 6 heteroatoms. The number of benzene rings is 1. The number of rotatable bonds is 2. The number of hydrogen-bond donors (Lipinski definition) is 0. The largest absolute Gasteiger partial charge is 0.454 e. The fraction of sp³-hybridized carbons (Fsp3) is 0.143. The monoisotopic (exact) mass is 326 g/mol. The molecule has 1 heterocycles. The summed E-state index contributed by atoms with van der Waals surface area (Å²) < 4.78 is 5.69. The van der Waals surface area contributed by atoms with E-state index in [1.165, 1.54) is 12.1 Å². The lowest BCUT2D eigenvalue weighted by molar-refractivity contribution is 0.479. The van der Waals surface area contributed by atoms with Crippen molar-refractivity contribution in [3.05, 3.63) is 50.2 Å². The van der Waals surface area contributed by atoms with Crippen molar-refractivity contribution < 1.29 is 4.74 Å². The molecule has 0 aliphatic rings. The number of pyridine rings is 1. The minimum absolute atomic E-state index is 0.315. The van der Waals surface area contributed by atoms with Gasteiger partial charge in [-0.2, -0.15) is 5.26 Å². The lowest BCUT2D eigenvalue weighted by Gasteiger charge is -2.12. The molecule has 0 atom stereocenters. The van der Waals surface area contributed by atoms with Crippen LogP contribution in [-0.2, 0) is 0 Å². The van der Waals surface area contributed by atoms with Gasteiger partial charge in [-0.15, -0.1) is 0 Å². The van der Waals surface area contributed by atoms with E-state index < -0.39 is 0 Å². The normalized spacial score (nSPS) is 10.2. The average Bonchev–Trinajstić information content (AvgIpc) is 2.35. The van der Waals surface area contributed by atoms with Gasteiger partial charge in [-0.1, -0.05) is 34.8 Å². The van der Waals surface area contributed by atoms with Gasteiger partial charge in [0.05, 0.1) is 20.8 Å². The van der Waals surface area contributed by atoms with Crippen LogP contribution in [0, 0.1) is 25.2 Å². The Morgan fingerprint density at radius 1 is 1.00 bits per heavy atom. The molecule has 0 radical (unpaired) electrons. The summed E-state index contributed by atoms with van der Waals surface area (Å²) in [5, 5.41) is 10.2. The van der Waals surface area contributed by atoms with Crippen molar-refractivity contribution in [3.8, 4) is 17.6 Å². The van der Waals surface area contributed by atoms with Crippen molar-refractivity contribution >= 4 is 34.8 Å². The van der Waals surface area contributed by atoms with Crippen LogP contribution in [0.3, 0.4) is 0 Å². The Morgan fingerprint density at radius 3 is 2.30 bits per heavy atom. The average molecular weight is 328 g/mol. The second-order valence-electron chi connectivity index (χ2n) is 4.13. The van der Waals surface area contributed by atoms with Crippen LogP contribution >= 0.6 is 34.8 Å². The Bertz CT molecular complexity index is 723. The minimum atomic E-state index is 0.315. The van der Waals surface area contributed by atoms with Crippen LogP contribution in [0.1, 0.15) is 17.0 Å². The highest BCUT2D eigenvalue weighted by molar-refractivity contribution is 6.43. The molecule has 20 heavy (non-hydrogen) atoms. The summed E-state index contributed by atoms with van der Waals surface area (Å²) in [5.41, 5.74) is 1.70. The van der Waals surface area contributed by atoms with Gasteiger partial charge >= 0.3 is 0 Å². The van der Waals surface area contributed by atoms with Gasteiger partial charge in [0, 0.05) is 17.8 Å². The van der Waals surface area contributed by atoms with Crippen molar-refractivity contribution in [3.63, 3.8) is 0 Å². The predicted octanol–water partition coefficient (Wildman–Crippen LogP) is 5.32. The van der Waals surface area contributed by atoms with Crippen LogP contribution in [0.5, 0.6) is 11.5 Å². The number of aromatic nitrogens is 1. The number of halogens is 3.